The molecule has 0 bridgehead atoms. The molecule has 0 aliphatic rings. The smallest absolute Gasteiger partial charge is 0.171 e. The maximum atomic E-state index is 5.99. The Morgan fingerprint density at radius 1 is 1.33 bits per heavy atom. The zero-order chi connectivity index (χ0) is 13.3. The number of halogens is 1. The first-order valence-electron chi connectivity index (χ1n) is 5.86. The normalized spacial score (nSPS) is 11.2. The molecule has 2 N–H and O–H groups in total. The lowest BCUT2D eigenvalue weighted by atomic mass is 10.1. The molecule has 0 saturated heterocycles. The maximum absolute atomic E-state index is 5.99. The molecule has 0 saturated carbocycles. The Morgan fingerprint density at radius 3 is 2.61 bits per heavy atom. The van der Waals surface area contributed by atoms with Gasteiger partial charge < -0.3 is 5.73 Å². The average Bonchev–Trinajstić information content (AvgIpc) is 2.70. The molecule has 0 amide bonds. The quantitative estimate of drug-likeness (QED) is 0.831. The van der Waals surface area contributed by atoms with Gasteiger partial charge in [-0.1, -0.05) is 13.8 Å². The van der Waals surface area contributed by atoms with Gasteiger partial charge in [0, 0.05) is 4.88 Å². The highest BCUT2D eigenvalue weighted by molar-refractivity contribution is 14.1. The van der Waals surface area contributed by atoms with Crippen LogP contribution in [0.1, 0.15) is 24.4 Å². The van der Waals surface area contributed by atoms with E-state index in [0.717, 1.165) is 26.4 Å². The molecule has 0 aromatic carbocycles. The fourth-order valence-electron chi connectivity index (χ4n) is 1.70. The summed E-state index contributed by atoms with van der Waals surface area (Å²) in [6.07, 6.45) is 0.933. The van der Waals surface area contributed by atoms with Crippen LogP contribution in [0, 0.1) is 16.4 Å². The second-order valence-corrected chi connectivity index (χ2v) is 7.07. The first-order chi connectivity index (χ1) is 8.47. The molecule has 0 fully saturated rings. The summed E-state index contributed by atoms with van der Waals surface area (Å²) in [4.78, 5) is 11.4. The van der Waals surface area contributed by atoms with Gasteiger partial charge in [-0.2, -0.15) is 0 Å². The molecule has 3 nitrogen and oxygen atoms in total. The monoisotopic (exact) mass is 373 g/mol. The van der Waals surface area contributed by atoms with E-state index in [1.165, 1.54) is 4.88 Å². The van der Waals surface area contributed by atoms with Crippen LogP contribution in [0.25, 0.3) is 10.7 Å². The lowest BCUT2D eigenvalue weighted by Crippen LogP contribution is -2.07. The molecule has 0 aliphatic heterocycles. The van der Waals surface area contributed by atoms with Crippen LogP contribution in [-0.4, -0.2) is 9.97 Å². The molecule has 5 heteroatoms. The summed E-state index contributed by atoms with van der Waals surface area (Å²) in [5.41, 5.74) is 7.04. The standard InChI is InChI=1S/C13H16IN3S/c1-7(2)6-9-11(14)12(15)17-13(16-9)10-5-4-8(3)18-10/h4-5,7H,6H2,1-3H3,(H2,15,16,17). The van der Waals surface area contributed by atoms with Gasteiger partial charge in [0.2, 0.25) is 0 Å². The van der Waals surface area contributed by atoms with Crippen molar-refractivity contribution in [3.8, 4) is 10.7 Å². The Hall–Kier alpha value is -0.690. The predicted molar refractivity (Wildman–Crippen MR) is 85.8 cm³/mol. The molecular weight excluding hydrogens is 357 g/mol. The first kappa shape index (κ1) is 13.7. The molecule has 18 heavy (non-hydrogen) atoms. The van der Waals surface area contributed by atoms with Crippen LogP contribution >= 0.6 is 33.9 Å². The Bertz CT molecular complexity index is 563. The Kier molecular flexibility index (Phi) is 4.21. The highest BCUT2D eigenvalue weighted by Crippen LogP contribution is 2.28. The molecule has 2 rings (SSSR count). The summed E-state index contributed by atoms with van der Waals surface area (Å²) in [5.74, 6) is 1.90. The van der Waals surface area contributed by atoms with Crippen molar-refractivity contribution in [2.24, 2.45) is 5.92 Å². The number of rotatable bonds is 3. The lowest BCUT2D eigenvalue weighted by molar-refractivity contribution is 0.632. The van der Waals surface area contributed by atoms with Crippen LogP contribution in [0.15, 0.2) is 12.1 Å². The summed E-state index contributed by atoms with van der Waals surface area (Å²) in [6.45, 7) is 6.45. The van der Waals surface area contributed by atoms with Crippen molar-refractivity contribution in [1.82, 2.24) is 9.97 Å². The van der Waals surface area contributed by atoms with E-state index >= 15 is 0 Å². The van der Waals surface area contributed by atoms with Crippen LogP contribution in [0.5, 0.6) is 0 Å². The lowest BCUT2D eigenvalue weighted by Gasteiger charge is -2.10. The van der Waals surface area contributed by atoms with E-state index in [-0.39, 0.29) is 0 Å². The van der Waals surface area contributed by atoms with E-state index in [9.17, 15) is 0 Å². The number of hydrogen-bond acceptors (Lipinski definition) is 4. The molecule has 2 aromatic heterocycles. The zero-order valence-electron chi connectivity index (χ0n) is 10.7. The third kappa shape index (κ3) is 3.00. The number of aromatic nitrogens is 2. The number of hydrogen-bond donors (Lipinski definition) is 1. The number of thiophene rings is 1. The van der Waals surface area contributed by atoms with E-state index in [1.54, 1.807) is 11.3 Å². The van der Waals surface area contributed by atoms with Crippen molar-refractivity contribution in [3.63, 3.8) is 0 Å². The number of nitrogens with two attached hydrogens (primary N) is 1. The van der Waals surface area contributed by atoms with Gasteiger partial charge in [0.15, 0.2) is 5.82 Å². The van der Waals surface area contributed by atoms with Crippen molar-refractivity contribution in [2.45, 2.75) is 27.2 Å². The zero-order valence-corrected chi connectivity index (χ0v) is 13.7. The molecule has 2 aromatic rings. The Labute approximate surface area is 125 Å². The number of anilines is 1. The van der Waals surface area contributed by atoms with Crippen molar-refractivity contribution in [1.29, 1.82) is 0 Å². The van der Waals surface area contributed by atoms with E-state index in [2.05, 4.69) is 65.5 Å². The van der Waals surface area contributed by atoms with Gasteiger partial charge in [-0.15, -0.1) is 11.3 Å². The highest BCUT2D eigenvalue weighted by atomic mass is 127. The van der Waals surface area contributed by atoms with Gasteiger partial charge in [-0.25, -0.2) is 9.97 Å². The molecule has 0 unspecified atom stereocenters. The summed E-state index contributed by atoms with van der Waals surface area (Å²) in [7, 11) is 0. The van der Waals surface area contributed by atoms with Gasteiger partial charge in [0.05, 0.1) is 14.1 Å². The predicted octanol–water partition coefficient (Wildman–Crippen LogP) is 3.90. The third-order valence-corrected chi connectivity index (χ3v) is 4.68. The van der Waals surface area contributed by atoms with Crippen LogP contribution in [0.4, 0.5) is 5.82 Å². The molecule has 96 valence electrons. The van der Waals surface area contributed by atoms with Crippen LogP contribution in [0.3, 0.4) is 0 Å². The SMILES string of the molecule is Cc1ccc(-c2nc(N)c(I)c(CC(C)C)n2)s1. The van der Waals surface area contributed by atoms with Crippen LogP contribution in [0.2, 0.25) is 0 Å². The van der Waals surface area contributed by atoms with Crippen molar-refractivity contribution in [3.05, 3.63) is 26.3 Å². The molecule has 2 heterocycles. The van der Waals surface area contributed by atoms with E-state index < -0.39 is 0 Å². The van der Waals surface area contributed by atoms with Gasteiger partial charge >= 0.3 is 0 Å². The highest BCUT2D eigenvalue weighted by Gasteiger charge is 2.13. The molecule has 0 atom stereocenters. The minimum atomic E-state index is 0.561. The second kappa shape index (κ2) is 5.52. The summed E-state index contributed by atoms with van der Waals surface area (Å²) < 4.78 is 0.985. The fraction of sp³-hybridized carbons (Fsp3) is 0.385. The second-order valence-electron chi connectivity index (χ2n) is 4.70. The largest absolute Gasteiger partial charge is 0.383 e. The number of nitrogens with zero attached hydrogens (tertiary/aromatic N) is 2. The van der Waals surface area contributed by atoms with E-state index in [0.29, 0.717) is 11.7 Å². The average molecular weight is 373 g/mol. The fourth-order valence-corrected chi connectivity index (χ4v) is 2.96. The third-order valence-electron chi connectivity index (χ3n) is 2.51. The molecule has 0 radical (unpaired) electrons. The van der Waals surface area contributed by atoms with Gasteiger partial charge in [0.1, 0.15) is 5.82 Å². The maximum Gasteiger partial charge on any atom is 0.171 e. The van der Waals surface area contributed by atoms with Crippen LogP contribution in [-0.2, 0) is 6.42 Å². The number of aryl methyl sites for hydroxylation is 1. The van der Waals surface area contributed by atoms with Gasteiger partial charge in [-0.05, 0) is 54.0 Å². The van der Waals surface area contributed by atoms with E-state index in [1.807, 2.05) is 0 Å². The van der Waals surface area contributed by atoms with Crippen LogP contribution < -0.4 is 5.73 Å². The Morgan fingerprint density at radius 2 is 2.06 bits per heavy atom. The van der Waals surface area contributed by atoms with Crippen molar-refractivity contribution < 1.29 is 0 Å². The first-order valence-corrected chi connectivity index (χ1v) is 7.75. The van der Waals surface area contributed by atoms with Crippen molar-refractivity contribution in [2.75, 3.05) is 5.73 Å². The summed E-state index contributed by atoms with van der Waals surface area (Å²) in [6, 6.07) is 4.14. The summed E-state index contributed by atoms with van der Waals surface area (Å²) >= 11 is 3.93. The molecule has 0 aliphatic carbocycles. The Balaban J connectivity index is 2.46. The van der Waals surface area contributed by atoms with Gasteiger partial charge in [0.25, 0.3) is 0 Å². The topological polar surface area (TPSA) is 51.8 Å². The molecule has 0 spiro atoms. The minimum Gasteiger partial charge on any atom is -0.383 e. The minimum absolute atomic E-state index is 0.561. The van der Waals surface area contributed by atoms with Crippen molar-refractivity contribution >= 4 is 39.7 Å². The van der Waals surface area contributed by atoms with E-state index in [4.69, 9.17) is 5.73 Å². The van der Waals surface area contributed by atoms with Gasteiger partial charge in [-0.3, -0.25) is 0 Å². The molecular formula is C13H16IN3S. The number of nitrogen functional groups attached to an aromatic ring is 1. The summed E-state index contributed by atoms with van der Waals surface area (Å²) in [5, 5.41) is 0.